The zero-order chi connectivity index (χ0) is 10.3. The molecular formula is C12H23NO. The molecule has 1 N–H and O–H groups in total. The topological polar surface area (TPSA) is 21.3 Å². The lowest BCUT2D eigenvalue weighted by Gasteiger charge is -2.55. The summed E-state index contributed by atoms with van der Waals surface area (Å²) >= 11 is 0. The minimum atomic E-state index is 0.343. The Kier molecular flexibility index (Phi) is 2.61. The van der Waals surface area contributed by atoms with E-state index >= 15 is 0 Å². The third kappa shape index (κ3) is 1.49. The average molecular weight is 197 g/mol. The molecule has 0 aromatic carbocycles. The van der Waals surface area contributed by atoms with Crippen molar-refractivity contribution in [1.29, 1.82) is 0 Å². The Bertz CT molecular complexity index is 212. The molecular weight excluding hydrogens is 174 g/mol. The van der Waals surface area contributed by atoms with E-state index in [0.717, 1.165) is 25.0 Å². The van der Waals surface area contributed by atoms with Gasteiger partial charge in [-0.25, -0.2) is 0 Å². The first kappa shape index (κ1) is 10.4. The molecule has 0 aromatic rings. The van der Waals surface area contributed by atoms with Crippen molar-refractivity contribution >= 4 is 0 Å². The number of hydrogen-bond donors (Lipinski definition) is 1. The highest BCUT2D eigenvalue weighted by molar-refractivity contribution is 5.11. The van der Waals surface area contributed by atoms with Gasteiger partial charge in [0.25, 0.3) is 0 Å². The summed E-state index contributed by atoms with van der Waals surface area (Å²) in [4.78, 5) is 0. The lowest BCUT2D eigenvalue weighted by atomic mass is 9.57. The number of hydrogen-bond acceptors (Lipinski definition) is 2. The molecule has 0 amide bonds. The van der Waals surface area contributed by atoms with Crippen LogP contribution in [0.1, 0.15) is 34.1 Å². The molecule has 1 aliphatic carbocycles. The van der Waals surface area contributed by atoms with Crippen molar-refractivity contribution in [2.75, 3.05) is 13.2 Å². The van der Waals surface area contributed by atoms with Crippen molar-refractivity contribution in [3.8, 4) is 0 Å². The molecule has 0 bridgehead atoms. The van der Waals surface area contributed by atoms with E-state index in [1.54, 1.807) is 0 Å². The van der Waals surface area contributed by atoms with Crippen LogP contribution in [0.25, 0.3) is 0 Å². The van der Waals surface area contributed by atoms with Crippen molar-refractivity contribution in [2.24, 2.45) is 17.3 Å². The quantitative estimate of drug-likeness (QED) is 0.747. The van der Waals surface area contributed by atoms with Crippen LogP contribution >= 0.6 is 0 Å². The first-order valence-electron chi connectivity index (χ1n) is 5.88. The average Bonchev–Trinajstić information content (AvgIpc) is 2.49. The maximum Gasteiger partial charge on any atom is 0.0685 e. The largest absolute Gasteiger partial charge is 0.377 e. The molecule has 0 aromatic heterocycles. The van der Waals surface area contributed by atoms with Crippen LogP contribution < -0.4 is 5.32 Å². The van der Waals surface area contributed by atoms with Gasteiger partial charge in [-0.05, 0) is 18.9 Å². The summed E-state index contributed by atoms with van der Waals surface area (Å²) in [6.45, 7) is 11.3. The number of nitrogens with one attached hydrogen (secondary N) is 1. The third-order valence-electron chi connectivity index (χ3n) is 3.85. The molecule has 1 saturated heterocycles. The van der Waals surface area contributed by atoms with Crippen LogP contribution in [0.15, 0.2) is 0 Å². The van der Waals surface area contributed by atoms with E-state index in [9.17, 15) is 0 Å². The van der Waals surface area contributed by atoms with Crippen molar-refractivity contribution in [3.63, 3.8) is 0 Å². The second kappa shape index (κ2) is 3.49. The number of fused-ring (bicyclic) bond motifs is 1. The van der Waals surface area contributed by atoms with Gasteiger partial charge in [0.15, 0.2) is 0 Å². The molecule has 1 saturated carbocycles. The molecule has 14 heavy (non-hydrogen) atoms. The van der Waals surface area contributed by atoms with Gasteiger partial charge in [0.05, 0.1) is 6.10 Å². The molecule has 3 atom stereocenters. The Hall–Kier alpha value is -0.0800. The summed E-state index contributed by atoms with van der Waals surface area (Å²) in [5, 5.41) is 3.70. The molecule has 2 aliphatic rings. The van der Waals surface area contributed by atoms with Crippen molar-refractivity contribution in [1.82, 2.24) is 5.32 Å². The summed E-state index contributed by atoms with van der Waals surface area (Å²) in [6.07, 6.45) is 1.77. The predicted octanol–water partition coefficient (Wildman–Crippen LogP) is 2.05. The summed E-state index contributed by atoms with van der Waals surface area (Å²) in [6, 6.07) is 0.678. The van der Waals surface area contributed by atoms with Crippen LogP contribution in [0.4, 0.5) is 0 Å². The Balaban J connectivity index is 1.92. The van der Waals surface area contributed by atoms with Crippen LogP contribution in [0.5, 0.6) is 0 Å². The second-order valence-electron chi connectivity index (χ2n) is 5.85. The zero-order valence-electron chi connectivity index (χ0n) is 9.84. The van der Waals surface area contributed by atoms with Crippen LogP contribution in [0.2, 0.25) is 0 Å². The summed E-state index contributed by atoms with van der Waals surface area (Å²) in [5.41, 5.74) is 0.343. The highest BCUT2D eigenvalue weighted by atomic mass is 16.5. The van der Waals surface area contributed by atoms with Gasteiger partial charge in [-0.3, -0.25) is 0 Å². The Morgan fingerprint density at radius 1 is 1.43 bits per heavy atom. The summed E-state index contributed by atoms with van der Waals surface area (Å²) in [5.74, 6) is 1.52. The second-order valence-corrected chi connectivity index (χ2v) is 5.85. The van der Waals surface area contributed by atoms with Gasteiger partial charge in [-0.1, -0.05) is 27.7 Å². The van der Waals surface area contributed by atoms with Gasteiger partial charge in [-0.2, -0.15) is 0 Å². The van der Waals surface area contributed by atoms with E-state index in [-0.39, 0.29) is 0 Å². The first-order valence-corrected chi connectivity index (χ1v) is 5.88. The minimum absolute atomic E-state index is 0.343. The fraction of sp³-hybridized carbons (Fsp3) is 1.00. The van der Waals surface area contributed by atoms with Crippen LogP contribution in [-0.4, -0.2) is 25.3 Å². The highest BCUT2D eigenvalue weighted by Crippen LogP contribution is 2.52. The summed E-state index contributed by atoms with van der Waals surface area (Å²) < 4.78 is 5.76. The molecule has 2 rings (SSSR count). The fourth-order valence-electron chi connectivity index (χ4n) is 3.10. The van der Waals surface area contributed by atoms with Crippen molar-refractivity contribution in [2.45, 2.75) is 46.3 Å². The minimum Gasteiger partial charge on any atom is -0.377 e. The molecule has 1 aliphatic heterocycles. The normalized spacial score (nSPS) is 39.6. The lowest BCUT2D eigenvalue weighted by molar-refractivity contribution is -0.112. The van der Waals surface area contributed by atoms with Crippen LogP contribution in [0.3, 0.4) is 0 Å². The van der Waals surface area contributed by atoms with E-state index in [4.69, 9.17) is 4.74 Å². The first-order chi connectivity index (χ1) is 6.53. The van der Waals surface area contributed by atoms with Gasteiger partial charge in [-0.15, -0.1) is 0 Å². The van der Waals surface area contributed by atoms with Crippen LogP contribution in [0, 0.1) is 17.3 Å². The standard InChI is InChI=1S/C12H23NO/c1-8(2)7-13-10-9-5-6-14-11(9)12(10,3)4/h8-11,13H,5-7H2,1-4H3/t9-,10?,11-/m0/s1. The van der Waals surface area contributed by atoms with Gasteiger partial charge >= 0.3 is 0 Å². The van der Waals surface area contributed by atoms with E-state index in [0.29, 0.717) is 17.6 Å². The maximum absolute atomic E-state index is 5.76. The predicted molar refractivity (Wildman–Crippen MR) is 58.3 cm³/mol. The summed E-state index contributed by atoms with van der Waals surface area (Å²) in [7, 11) is 0. The van der Waals surface area contributed by atoms with E-state index in [1.165, 1.54) is 6.42 Å². The zero-order valence-corrected chi connectivity index (χ0v) is 9.84. The molecule has 2 fully saturated rings. The van der Waals surface area contributed by atoms with E-state index in [2.05, 4.69) is 33.0 Å². The maximum atomic E-state index is 5.76. The highest BCUT2D eigenvalue weighted by Gasteiger charge is 2.58. The SMILES string of the molecule is CC(C)CNC1[C@@H]2CCO[C@@H]2C1(C)C. The van der Waals surface area contributed by atoms with Gasteiger partial charge in [0.2, 0.25) is 0 Å². The van der Waals surface area contributed by atoms with Gasteiger partial charge in [0.1, 0.15) is 0 Å². The van der Waals surface area contributed by atoms with Crippen LogP contribution in [-0.2, 0) is 4.74 Å². The van der Waals surface area contributed by atoms with Crippen molar-refractivity contribution < 1.29 is 4.74 Å². The third-order valence-corrected chi connectivity index (χ3v) is 3.85. The molecule has 2 heteroatoms. The fourth-order valence-corrected chi connectivity index (χ4v) is 3.10. The molecule has 2 nitrogen and oxygen atoms in total. The lowest BCUT2D eigenvalue weighted by Crippen LogP contribution is -2.66. The molecule has 0 radical (unpaired) electrons. The van der Waals surface area contributed by atoms with E-state index in [1.807, 2.05) is 0 Å². The van der Waals surface area contributed by atoms with Gasteiger partial charge in [0, 0.05) is 24.0 Å². The monoisotopic (exact) mass is 197 g/mol. The Morgan fingerprint density at radius 3 is 2.79 bits per heavy atom. The number of ether oxygens (including phenoxy) is 1. The smallest absolute Gasteiger partial charge is 0.0685 e. The molecule has 1 heterocycles. The Morgan fingerprint density at radius 2 is 2.14 bits per heavy atom. The Labute approximate surface area is 87.4 Å². The van der Waals surface area contributed by atoms with E-state index < -0.39 is 0 Å². The molecule has 82 valence electrons. The molecule has 0 spiro atoms. The van der Waals surface area contributed by atoms with Gasteiger partial charge < -0.3 is 10.1 Å². The number of rotatable bonds is 3. The van der Waals surface area contributed by atoms with Crippen molar-refractivity contribution in [3.05, 3.63) is 0 Å². The molecule has 1 unspecified atom stereocenters.